The third-order valence-electron chi connectivity index (χ3n) is 7.45. The van der Waals surface area contributed by atoms with Crippen LogP contribution in [0.1, 0.15) is 50.2 Å². The maximum Gasteiger partial charge on any atom is 0.255 e. The molecule has 0 fully saturated rings. The highest BCUT2D eigenvalue weighted by molar-refractivity contribution is 6.02. The Labute approximate surface area is 216 Å². The minimum Gasteiger partial charge on any atom is -0.497 e. The first-order chi connectivity index (χ1) is 17.7. The number of methoxy groups -OCH3 is 1. The maximum absolute atomic E-state index is 13.8. The molecule has 1 aromatic heterocycles. The van der Waals surface area contributed by atoms with E-state index in [2.05, 4.69) is 20.4 Å². The summed E-state index contributed by atoms with van der Waals surface area (Å²) in [6.07, 6.45) is 2.75. The molecule has 2 aliphatic rings. The summed E-state index contributed by atoms with van der Waals surface area (Å²) in [5.74, 6) is 0.0319. The van der Waals surface area contributed by atoms with E-state index in [-0.39, 0.29) is 29.1 Å². The quantitative estimate of drug-likeness (QED) is 0.431. The lowest BCUT2D eigenvalue weighted by molar-refractivity contribution is -0.132. The Morgan fingerprint density at radius 3 is 2.51 bits per heavy atom. The standard InChI is InChI=1S/C31H32N2O4/c1-5-13-32-25-12-11-22(37-4)14-21(25)15-24(30(32)36)23-16-28(35)33(19-20-9-7-6-8-10-20)26-17-31(2,3)18-27(34)29(23)26/h5-12,14-15,23H,1,13,16-19H2,2-4H3. The first kappa shape index (κ1) is 24.8. The lowest BCUT2D eigenvalue weighted by Crippen LogP contribution is -2.44. The number of pyridine rings is 1. The van der Waals surface area contributed by atoms with Crippen LogP contribution in [-0.4, -0.2) is 28.3 Å². The van der Waals surface area contributed by atoms with Crippen molar-refractivity contribution in [1.82, 2.24) is 9.47 Å². The van der Waals surface area contributed by atoms with Crippen LogP contribution in [0.5, 0.6) is 5.75 Å². The van der Waals surface area contributed by atoms with E-state index in [9.17, 15) is 14.4 Å². The highest BCUT2D eigenvalue weighted by Gasteiger charge is 2.44. The topological polar surface area (TPSA) is 68.6 Å². The van der Waals surface area contributed by atoms with Gasteiger partial charge in [-0.15, -0.1) is 6.58 Å². The molecule has 3 aromatic rings. The van der Waals surface area contributed by atoms with Gasteiger partial charge in [-0.25, -0.2) is 0 Å². The lowest BCUT2D eigenvalue weighted by Gasteiger charge is -2.43. The summed E-state index contributed by atoms with van der Waals surface area (Å²) in [5, 5.41) is 0.820. The van der Waals surface area contributed by atoms with Gasteiger partial charge >= 0.3 is 0 Å². The number of hydrogen-bond acceptors (Lipinski definition) is 4. The maximum atomic E-state index is 13.8. The van der Waals surface area contributed by atoms with E-state index in [1.54, 1.807) is 22.7 Å². The average Bonchev–Trinajstić information content (AvgIpc) is 2.86. The van der Waals surface area contributed by atoms with Crippen LogP contribution in [-0.2, 0) is 22.7 Å². The van der Waals surface area contributed by atoms with Gasteiger partial charge in [0.2, 0.25) is 5.91 Å². The van der Waals surface area contributed by atoms with Crippen molar-refractivity contribution in [2.24, 2.45) is 5.41 Å². The second kappa shape index (κ2) is 9.51. The number of nitrogens with zero attached hydrogens (tertiary/aromatic N) is 2. The Balaban J connectivity index is 1.71. The van der Waals surface area contributed by atoms with Crippen molar-refractivity contribution in [3.63, 3.8) is 0 Å². The average molecular weight is 497 g/mol. The molecule has 6 nitrogen and oxygen atoms in total. The third-order valence-corrected chi connectivity index (χ3v) is 7.45. The number of fused-ring (bicyclic) bond motifs is 1. The van der Waals surface area contributed by atoms with Crippen molar-refractivity contribution in [3.8, 4) is 5.75 Å². The summed E-state index contributed by atoms with van der Waals surface area (Å²) in [7, 11) is 1.60. The largest absolute Gasteiger partial charge is 0.497 e. The van der Waals surface area contributed by atoms with E-state index in [1.165, 1.54) is 0 Å². The summed E-state index contributed by atoms with van der Waals surface area (Å²) in [6.45, 7) is 8.67. The molecule has 190 valence electrons. The summed E-state index contributed by atoms with van der Waals surface area (Å²) < 4.78 is 7.08. The molecule has 1 atom stereocenters. The first-order valence-corrected chi connectivity index (χ1v) is 12.7. The molecule has 0 N–H and O–H groups in total. The first-order valence-electron chi connectivity index (χ1n) is 12.7. The van der Waals surface area contributed by atoms with Gasteiger partial charge in [0.1, 0.15) is 5.75 Å². The van der Waals surface area contributed by atoms with Gasteiger partial charge in [-0.05, 0) is 41.7 Å². The SMILES string of the molecule is C=CCn1c(=O)c(C2CC(=O)N(Cc3ccccc3)C3=C2C(=O)CC(C)(C)C3)cc2cc(OC)ccc21. The molecule has 2 heterocycles. The van der Waals surface area contributed by atoms with E-state index in [4.69, 9.17) is 4.74 Å². The van der Waals surface area contributed by atoms with Crippen LogP contribution in [0.3, 0.4) is 0 Å². The Kier molecular flexibility index (Phi) is 6.36. The highest BCUT2D eigenvalue weighted by Crippen LogP contribution is 2.47. The van der Waals surface area contributed by atoms with Gasteiger partial charge in [0.25, 0.3) is 5.56 Å². The van der Waals surface area contributed by atoms with Gasteiger partial charge in [0, 0.05) is 47.5 Å². The summed E-state index contributed by atoms with van der Waals surface area (Å²) in [6, 6.07) is 17.2. The molecular weight excluding hydrogens is 464 g/mol. The predicted octanol–water partition coefficient (Wildman–Crippen LogP) is 5.36. The smallest absolute Gasteiger partial charge is 0.255 e. The zero-order chi connectivity index (χ0) is 26.3. The highest BCUT2D eigenvalue weighted by atomic mass is 16.5. The zero-order valence-corrected chi connectivity index (χ0v) is 21.6. The van der Waals surface area contributed by atoms with Crippen LogP contribution in [0, 0.1) is 5.41 Å². The minimum absolute atomic E-state index is 0.0159. The fourth-order valence-corrected chi connectivity index (χ4v) is 5.77. The Bertz CT molecular complexity index is 1500. The molecule has 2 aromatic carbocycles. The van der Waals surface area contributed by atoms with E-state index in [0.29, 0.717) is 42.8 Å². The van der Waals surface area contributed by atoms with Crippen molar-refractivity contribution in [3.05, 3.63) is 100 Å². The predicted molar refractivity (Wildman–Crippen MR) is 144 cm³/mol. The van der Waals surface area contributed by atoms with Crippen LogP contribution >= 0.6 is 0 Å². The van der Waals surface area contributed by atoms with Crippen LogP contribution in [0.15, 0.2) is 83.3 Å². The number of ketones is 1. The molecule has 0 saturated heterocycles. The Morgan fingerprint density at radius 1 is 1.05 bits per heavy atom. The lowest BCUT2D eigenvalue weighted by atomic mass is 9.69. The van der Waals surface area contributed by atoms with Crippen molar-refractivity contribution in [1.29, 1.82) is 0 Å². The summed E-state index contributed by atoms with van der Waals surface area (Å²) in [5.41, 5.74) is 3.13. The number of benzene rings is 2. The molecule has 37 heavy (non-hydrogen) atoms. The second-order valence-electron chi connectivity index (χ2n) is 10.8. The van der Waals surface area contributed by atoms with Crippen LogP contribution in [0.25, 0.3) is 10.9 Å². The monoisotopic (exact) mass is 496 g/mol. The van der Waals surface area contributed by atoms with Crippen molar-refractivity contribution in [2.45, 2.75) is 52.1 Å². The summed E-state index contributed by atoms with van der Waals surface area (Å²) >= 11 is 0. The normalized spacial score (nSPS) is 19.2. The van der Waals surface area contributed by atoms with Crippen molar-refractivity contribution in [2.75, 3.05) is 7.11 Å². The van der Waals surface area contributed by atoms with Gasteiger partial charge in [-0.1, -0.05) is 50.3 Å². The number of carbonyl (C=O) groups excluding carboxylic acids is 2. The van der Waals surface area contributed by atoms with Gasteiger partial charge in [-0.2, -0.15) is 0 Å². The molecule has 0 saturated carbocycles. The zero-order valence-electron chi connectivity index (χ0n) is 21.6. The third kappa shape index (κ3) is 4.52. The molecule has 1 aliphatic carbocycles. The molecule has 1 unspecified atom stereocenters. The number of allylic oxidation sites excluding steroid dienone is 3. The van der Waals surface area contributed by atoms with Gasteiger partial charge in [-0.3, -0.25) is 14.4 Å². The molecule has 0 spiro atoms. The number of ether oxygens (including phenoxy) is 1. The van der Waals surface area contributed by atoms with Gasteiger partial charge in [0.05, 0.1) is 19.2 Å². The molecule has 6 heteroatoms. The molecule has 1 amide bonds. The number of rotatable bonds is 6. The number of amides is 1. The fourth-order valence-electron chi connectivity index (χ4n) is 5.77. The Hall–Kier alpha value is -3.93. The number of aromatic nitrogens is 1. The second-order valence-corrected chi connectivity index (χ2v) is 10.8. The van der Waals surface area contributed by atoms with Crippen LogP contribution in [0.2, 0.25) is 0 Å². The molecule has 5 rings (SSSR count). The summed E-state index contributed by atoms with van der Waals surface area (Å²) in [4.78, 5) is 43.0. The van der Waals surface area contributed by atoms with E-state index < -0.39 is 5.92 Å². The fraction of sp³-hybridized carbons (Fsp3) is 0.323. The molecule has 0 bridgehead atoms. The minimum atomic E-state index is -0.586. The van der Waals surface area contributed by atoms with Crippen molar-refractivity contribution < 1.29 is 14.3 Å². The Morgan fingerprint density at radius 2 is 1.81 bits per heavy atom. The van der Waals surface area contributed by atoms with Crippen molar-refractivity contribution >= 4 is 22.6 Å². The molecule has 1 aliphatic heterocycles. The number of hydrogen-bond donors (Lipinski definition) is 0. The van der Waals surface area contributed by atoms with Gasteiger partial charge in [0.15, 0.2) is 5.78 Å². The molecular formula is C31H32N2O4. The van der Waals surface area contributed by atoms with Crippen LogP contribution < -0.4 is 10.3 Å². The number of Topliss-reactive ketones (excluding diaryl/α,β-unsaturated/α-hetero) is 1. The van der Waals surface area contributed by atoms with E-state index in [0.717, 1.165) is 22.2 Å². The van der Waals surface area contributed by atoms with E-state index in [1.807, 2.05) is 54.6 Å². The van der Waals surface area contributed by atoms with Crippen LogP contribution in [0.4, 0.5) is 0 Å². The number of carbonyl (C=O) groups is 2. The molecule has 0 radical (unpaired) electrons. The van der Waals surface area contributed by atoms with Gasteiger partial charge < -0.3 is 14.2 Å². The van der Waals surface area contributed by atoms with E-state index >= 15 is 0 Å².